The number of nitrogens with zero attached hydrogens (tertiary/aromatic N) is 1. The predicted molar refractivity (Wildman–Crippen MR) is 103 cm³/mol. The number of phenols is 1. The molecule has 0 unspecified atom stereocenters. The van der Waals surface area contributed by atoms with Crippen LogP contribution in [-0.2, 0) is 16.7 Å². The first-order valence-electron chi connectivity index (χ1n) is 9.47. The molecule has 2 N–H and O–H groups in total. The third-order valence-electron chi connectivity index (χ3n) is 6.32. The predicted octanol–water partition coefficient (Wildman–Crippen LogP) is 3.00. The summed E-state index contributed by atoms with van der Waals surface area (Å²) >= 11 is 0. The van der Waals surface area contributed by atoms with Gasteiger partial charge in [0.25, 0.3) is 0 Å². The van der Waals surface area contributed by atoms with Crippen LogP contribution in [0.1, 0.15) is 35.6 Å². The fourth-order valence-corrected chi connectivity index (χ4v) is 4.88. The molecule has 1 fully saturated rings. The number of aromatic hydroxyl groups is 1. The molecule has 0 aromatic heterocycles. The molecule has 144 valence electrons. The topological polar surface area (TPSA) is 62.2 Å². The minimum Gasteiger partial charge on any atom is -0.508 e. The van der Waals surface area contributed by atoms with Gasteiger partial charge in [0.2, 0.25) is 0 Å². The molecule has 1 aliphatic carbocycles. The first-order valence-corrected chi connectivity index (χ1v) is 9.47. The zero-order chi connectivity index (χ0) is 19.0. The average molecular weight is 369 g/mol. The van der Waals surface area contributed by atoms with Crippen LogP contribution in [0.5, 0.6) is 11.5 Å². The third-order valence-corrected chi connectivity index (χ3v) is 6.32. The van der Waals surface area contributed by atoms with E-state index < -0.39 is 6.10 Å². The number of rotatable bonds is 4. The molecule has 0 bridgehead atoms. The maximum absolute atomic E-state index is 11.1. The Kier molecular flexibility index (Phi) is 4.84. The molecule has 2 aliphatic rings. The van der Waals surface area contributed by atoms with Gasteiger partial charge in [0.1, 0.15) is 17.6 Å². The summed E-state index contributed by atoms with van der Waals surface area (Å²) in [5.41, 5.74) is 3.10. The van der Waals surface area contributed by atoms with Crippen molar-refractivity contribution in [1.29, 1.82) is 0 Å². The summed E-state index contributed by atoms with van der Waals surface area (Å²) in [5.74, 6) is 1.04. The van der Waals surface area contributed by atoms with Crippen LogP contribution in [-0.4, -0.2) is 48.5 Å². The SMILES string of the molecule is COc1ccc(O)cc1CN1CCC2(CC1)c1ccccc1[C@@H](OC)[C@@H]2O. The molecule has 1 saturated heterocycles. The monoisotopic (exact) mass is 369 g/mol. The molecule has 0 radical (unpaired) electrons. The molecule has 1 spiro atoms. The largest absolute Gasteiger partial charge is 0.508 e. The van der Waals surface area contributed by atoms with Crippen LogP contribution in [0.3, 0.4) is 0 Å². The van der Waals surface area contributed by atoms with Gasteiger partial charge in [0, 0.05) is 24.6 Å². The number of aliphatic hydroxyl groups excluding tert-OH is 1. The lowest BCUT2D eigenvalue weighted by molar-refractivity contribution is -0.0551. The summed E-state index contributed by atoms with van der Waals surface area (Å²) in [6, 6.07) is 13.5. The van der Waals surface area contributed by atoms with Crippen LogP contribution >= 0.6 is 0 Å². The molecule has 1 heterocycles. The highest BCUT2D eigenvalue weighted by Gasteiger charge is 2.52. The van der Waals surface area contributed by atoms with Gasteiger partial charge in [0.15, 0.2) is 0 Å². The Bertz CT molecular complexity index is 814. The second-order valence-electron chi connectivity index (χ2n) is 7.62. The van der Waals surface area contributed by atoms with Crippen LogP contribution in [0.4, 0.5) is 0 Å². The standard InChI is InChI=1S/C22H27NO4/c1-26-19-8-7-16(24)13-15(19)14-23-11-9-22(10-12-23)18-6-4-3-5-17(18)20(27-2)21(22)25/h3-8,13,20-21,24-25H,9-12,14H2,1-2H3/t20-,21+/m1/s1. The van der Waals surface area contributed by atoms with Crippen molar-refractivity contribution in [2.75, 3.05) is 27.3 Å². The Labute approximate surface area is 160 Å². The smallest absolute Gasteiger partial charge is 0.123 e. The van der Waals surface area contributed by atoms with E-state index in [1.807, 2.05) is 6.07 Å². The fourth-order valence-electron chi connectivity index (χ4n) is 4.88. The number of phenolic OH excluding ortho intramolecular Hbond substituents is 1. The van der Waals surface area contributed by atoms with Gasteiger partial charge in [-0.15, -0.1) is 0 Å². The molecule has 27 heavy (non-hydrogen) atoms. The Morgan fingerprint density at radius 1 is 1.11 bits per heavy atom. The van der Waals surface area contributed by atoms with Gasteiger partial charge in [-0.05, 0) is 55.3 Å². The quantitative estimate of drug-likeness (QED) is 0.868. The molecule has 1 aliphatic heterocycles. The summed E-state index contributed by atoms with van der Waals surface area (Å²) in [4.78, 5) is 2.36. The minimum atomic E-state index is -0.516. The maximum atomic E-state index is 11.1. The van der Waals surface area contributed by atoms with E-state index in [1.54, 1.807) is 32.4 Å². The van der Waals surface area contributed by atoms with Crippen molar-refractivity contribution in [2.45, 2.75) is 37.0 Å². The van der Waals surface area contributed by atoms with Crippen molar-refractivity contribution in [1.82, 2.24) is 4.90 Å². The zero-order valence-corrected chi connectivity index (χ0v) is 15.9. The lowest BCUT2D eigenvalue weighted by Gasteiger charge is -2.42. The summed E-state index contributed by atoms with van der Waals surface area (Å²) in [6.45, 7) is 2.47. The summed E-state index contributed by atoms with van der Waals surface area (Å²) in [7, 11) is 3.32. The number of ether oxygens (including phenoxy) is 2. The van der Waals surface area contributed by atoms with Crippen molar-refractivity contribution in [2.24, 2.45) is 0 Å². The number of hydrogen-bond donors (Lipinski definition) is 2. The highest BCUT2D eigenvalue weighted by atomic mass is 16.5. The summed E-state index contributed by atoms with van der Waals surface area (Å²) in [6.07, 6.45) is 0.995. The zero-order valence-electron chi connectivity index (χ0n) is 15.9. The third kappa shape index (κ3) is 3.00. The van der Waals surface area contributed by atoms with Crippen LogP contribution < -0.4 is 4.74 Å². The molecule has 0 amide bonds. The molecular weight excluding hydrogens is 342 g/mol. The number of piperidine rings is 1. The molecule has 2 aromatic carbocycles. The molecule has 2 atom stereocenters. The van der Waals surface area contributed by atoms with Crippen LogP contribution in [0.25, 0.3) is 0 Å². The van der Waals surface area contributed by atoms with E-state index in [2.05, 4.69) is 23.1 Å². The Morgan fingerprint density at radius 3 is 2.56 bits per heavy atom. The van der Waals surface area contributed by atoms with Gasteiger partial charge < -0.3 is 19.7 Å². The van der Waals surface area contributed by atoms with E-state index in [9.17, 15) is 10.2 Å². The van der Waals surface area contributed by atoms with E-state index in [0.717, 1.165) is 49.4 Å². The van der Waals surface area contributed by atoms with Crippen molar-refractivity contribution in [3.8, 4) is 11.5 Å². The molecular formula is C22H27NO4. The molecule has 5 heteroatoms. The van der Waals surface area contributed by atoms with E-state index in [-0.39, 0.29) is 17.3 Å². The van der Waals surface area contributed by atoms with Gasteiger partial charge in [-0.1, -0.05) is 24.3 Å². The van der Waals surface area contributed by atoms with Gasteiger partial charge >= 0.3 is 0 Å². The molecule has 0 saturated carbocycles. The normalized spacial score (nSPS) is 24.1. The van der Waals surface area contributed by atoms with Crippen molar-refractivity contribution in [3.05, 3.63) is 59.2 Å². The fraction of sp³-hybridized carbons (Fsp3) is 0.455. The second kappa shape index (κ2) is 7.15. The first kappa shape index (κ1) is 18.3. The van der Waals surface area contributed by atoms with Crippen LogP contribution in [0.2, 0.25) is 0 Å². The summed E-state index contributed by atoms with van der Waals surface area (Å²) in [5, 5.41) is 20.9. The van der Waals surface area contributed by atoms with Crippen LogP contribution in [0.15, 0.2) is 42.5 Å². The maximum Gasteiger partial charge on any atom is 0.123 e. The van der Waals surface area contributed by atoms with Crippen molar-refractivity contribution >= 4 is 0 Å². The minimum absolute atomic E-state index is 0.239. The first-order chi connectivity index (χ1) is 13.1. The van der Waals surface area contributed by atoms with E-state index in [1.165, 1.54) is 5.56 Å². The number of benzene rings is 2. The molecule has 4 rings (SSSR count). The van der Waals surface area contributed by atoms with Crippen LogP contribution in [0, 0.1) is 0 Å². The second-order valence-corrected chi connectivity index (χ2v) is 7.62. The van der Waals surface area contributed by atoms with E-state index in [0.29, 0.717) is 0 Å². The number of likely N-dealkylation sites (tertiary alicyclic amines) is 1. The lowest BCUT2D eigenvalue weighted by Crippen LogP contribution is -2.47. The number of hydrogen-bond acceptors (Lipinski definition) is 5. The molecule has 2 aromatic rings. The lowest BCUT2D eigenvalue weighted by atomic mass is 9.72. The van der Waals surface area contributed by atoms with Gasteiger partial charge in [-0.2, -0.15) is 0 Å². The number of fused-ring (bicyclic) bond motifs is 2. The highest BCUT2D eigenvalue weighted by molar-refractivity contribution is 5.45. The van der Waals surface area contributed by atoms with Gasteiger partial charge in [-0.25, -0.2) is 0 Å². The van der Waals surface area contributed by atoms with Gasteiger partial charge in [-0.3, -0.25) is 4.90 Å². The van der Waals surface area contributed by atoms with E-state index in [4.69, 9.17) is 9.47 Å². The summed E-state index contributed by atoms with van der Waals surface area (Å²) < 4.78 is 11.1. The highest BCUT2D eigenvalue weighted by Crippen LogP contribution is 2.52. The Morgan fingerprint density at radius 2 is 1.85 bits per heavy atom. The average Bonchev–Trinajstić information content (AvgIpc) is 2.92. The van der Waals surface area contributed by atoms with Crippen molar-refractivity contribution in [3.63, 3.8) is 0 Å². The molecule has 5 nitrogen and oxygen atoms in total. The Hall–Kier alpha value is -2.08. The van der Waals surface area contributed by atoms with Gasteiger partial charge in [0.05, 0.1) is 13.2 Å². The van der Waals surface area contributed by atoms with Crippen molar-refractivity contribution < 1.29 is 19.7 Å². The van der Waals surface area contributed by atoms with E-state index >= 15 is 0 Å². The number of methoxy groups -OCH3 is 2. The number of aliphatic hydroxyl groups is 1. The Balaban J connectivity index is 1.53.